The van der Waals surface area contributed by atoms with Crippen LogP contribution in [-0.2, 0) is 9.53 Å². The number of fused-ring (bicyclic) bond motifs is 4. The normalized spacial score (nSPS) is 57.2. The molecule has 0 aromatic carbocycles. The molecule has 32 heavy (non-hydrogen) atoms. The van der Waals surface area contributed by atoms with Gasteiger partial charge in [-0.05, 0) is 84.9 Å². The van der Waals surface area contributed by atoms with Crippen LogP contribution in [0.3, 0.4) is 0 Å². The topological polar surface area (TPSA) is 26.3 Å². The molecular weight excluding hydrogens is 392 g/mol. The molecule has 1 aliphatic heterocycles. The van der Waals surface area contributed by atoms with Gasteiger partial charge >= 0.3 is 0 Å². The van der Waals surface area contributed by atoms with Crippen LogP contribution in [0, 0.1) is 50.2 Å². The average Bonchev–Trinajstić information content (AvgIpc) is 2.94. The summed E-state index contributed by atoms with van der Waals surface area (Å²) in [7, 11) is 0. The van der Waals surface area contributed by atoms with Gasteiger partial charge in [-0.15, -0.1) is 0 Å². The predicted molar refractivity (Wildman–Crippen MR) is 129 cm³/mol. The fourth-order valence-corrected chi connectivity index (χ4v) is 11.0. The lowest BCUT2D eigenvalue weighted by Gasteiger charge is -2.72. The fourth-order valence-electron chi connectivity index (χ4n) is 11.0. The first-order valence-corrected chi connectivity index (χ1v) is 13.6. The van der Waals surface area contributed by atoms with Gasteiger partial charge < -0.3 is 4.74 Å². The first-order chi connectivity index (χ1) is 14.8. The summed E-state index contributed by atoms with van der Waals surface area (Å²) in [4.78, 5) is 12.9. The second-order valence-corrected chi connectivity index (χ2v) is 15.2. The minimum Gasteiger partial charge on any atom is -0.369 e. The molecule has 1 heterocycles. The maximum atomic E-state index is 12.9. The number of carbonyl (C=O) groups excluding carboxylic acids is 1. The molecule has 0 unspecified atom stereocenters. The first-order valence-electron chi connectivity index (χ1n) is 13.6. The van der Waals surface area contributed by atoms with E-state index < -0.39 is 0 Å². The summed E-state index contributed by atoms with van der Waals surface area (Å²) >= 11 is 0. The van der Waals surface area contributed by atoms with E-state index >= 15 is 0 Å². The van der Waals surface area contributed by atoms with Gasteiger partial charge in [-0.3, -0.25) is 4.79 Å². The molecule has 6 rings (SSSR count). The fraction of sp³-hybridized carbons (Fsp3) is 0.900. The molecule has 4 saturated carbocycles. The summed E-state index contributed by atoms with van der Waals surface area (Å²) in [6, 6.07) is 0. The zero-order valence-electron chi connectivity index (χ0n) is 21.8. The smallest absolute Gasteiger partial charge is 0.138 e. The maximum absolute atomic E-state index is 12.9. The van der Waals surface area contributed by atoms with Crippen molar-refractivity contribution < 1.29 is 9.53 Å². The molecule has 2 heteroatoms. The molecule has 5 aliphatic carbocycles. The molecule has 2 nitrogen and oxygen atoms in total. The molecule has 178 valence electrons. The lowest BCUT2D eigenvalue weighted by molar-refractivity contribution is -0.232. The minimum absolute atomic E-state index is 0.0859. The van der Waals surface area contributed by atoms with Gasteiger partial charge in [-0.2, -0.15) is 0 Å². The van der Waals surface area contributed by atoms with Crippen molar-refractivity contribution in [3.8, 4) is 0 Å². The van der Waals surface area contributed by atoms with Crippen molar-refractivity contribution in [3.05, 3.63) is 12.2 Å². The quantitative estimate of drug-likeness (QED) is 0.369. The third kappa shape index (κ3) is 2.21. The lowest BCUT2D eigenvalue weighted by Crippen LogP contribution is -2.70. The highest BCUT2D eigenvalue weighted by Gasteiger charge is 2.76. The van der Waals surface area contributed by atoms with Crippen molar-refractivity contribution in [2.75, 3.05) is 6.61 Å². The Morgan fingerprint density at radius 1 is 0.875 bits per heavy atom. The zero-order chi connectivity index (χ0) is 23.0. The van der Waals surface area contributed by atoms with Crippen LogP contribution in [-0.4, -0.2) is 18.0 Å². The Bertz CT molecular complexity index is 899. The molecule has 5 fully saturated rings. The molecule has 0 N–H and O–H groups in total. The Morgan fingerprint density at radius 2 is 1.59 bits per heavy atom. The summed E-state index contributed by atoms with van der Waals surface area (Å²) in [5.41, 5.74) is 1.21. The number of Topliss-reactive ketones (excluding diaryl/α,β-unsaturated/α-hetero) is 1. The van der Waals surface area contributed by atoms with Gasteiger partial charge in [0.1, 0.15) is 5.78 Å². The monoisotopic (exact) mass is 438 g/mol. The molecule has 0 aromatic rings. The summed E-state index contributed by atoms with van der Waals surface area (Å²) in [5.74, 6) is 2.21. The highest BCUT2D eigenvalue weighted by molar-refractivity contribution is 5.85. The van der Waals surface area contributed by atoms with E-state index in [2.05, 4.69) is 60.6 Å². The second-order valence-electron chi connectivity index (χ2n) is 15.2. The lowest BCUT2D eigenvalue weighted by atomic mass is 9.32. The van der Waals surface area contributed by atoms with Crippen LogP contribution >= 0.6 is 0 Å². The molecule has 8 atom stereocenters. The molecule has 6 aliphatic rings. The largest absolute Gasteiger partial charge is 0.369 e. The van der Waals surface area contributed by atoms with E-state index in [0.29, 0.717) is 34.4 Å². The van der Waals surface area contributed by atoms with E-state index in [4.69, 9.17) is 4.74 Å². The Morgan fingerprint density at radius 3 is 2.34 bits per heavy atom. The summed E-state index contributed by atoms with van der Waals surface area (Å²) in [6.45, 7) is 18.3. The molecule has 1 spiro atoms. The van der Waals surface area contributed by atoms with Gasteiger partial charge in [-0.25, -0.2) is 0 Å². The van der Waals surface area contributed by atoms with Crippen LogP contribution in [0.15, 0.2) is 12.2 Å². The summed E-state index contributed by atoms with van der Waals surface area (Å²) in [5, 5.41) is 0. The number of carbonyl (C=O) groups is 1. The van der Waals surface area contributed by atoms with Crippen molar-refractivity contribution in [2.24, 2.45) is 50.2 Å². The third-order valence-electron chi connectivity index (χ3n) is 13.3. The summed E-state index contributed by atoms with van der Waals surface area (Å²) < 4.78 is 7.10. The molecule has 0 aromatic heterocycles. The van der Waals surface area contributed by atoms with Gasteiger partial charge in [0, 0.05) is 23.2 Å². The standard InChI is InChI=1S/C30H46O2/c1-24(2)14-16-29-17-15-28(7)27(6)12-8-20-25(3,4)23(31)10-11-26(20,5)21(27)9-13-30(28,32-19-29)22(29)18-24/h9,13,20-22H,8,10-12,14-19H2,1-7H3/t20-,21+,22+,26-,27+,28-,29+,30-/m0/s1. The van der Waals surface area contributed by atoms with E-state index in [1.54, 1.807) is 0 Å². The van der Waals surface area contributed by atoms with Crippen LogP contribution in [0.4, 0.5) is 0 Å². The minimum atomic E-state index is -0.183. The van der Waals surface area contributed by atoms with Crippen molar-refractivity contribution in [3.63, 3.8) is 0 Å². The van der Waals surface area contributed by atoms with Gasteiger partial charge in [0.25, 0.3) is 0 Å². The van der Waals surface area contributed by atoms with Crippen molar-refractivity contribution in [1.82, 2.24) is 0 Å². The number of hydrogen-bond donors (Lipinski definition) is 0. The van der Waals surface area contributed by atoms with E-state index in [1.165, 1.54) is 44.9 Å². The van der Waals surface area contributed by atoms with Crippen molar-refractivity contribution >= 4 is 5.78 Å². The molecule has 1 saturated heterocycles. The third-order valence-corrected chi connectivity index (χ3v) is 13.3. The number of ether oxygens (including phenoxy) is 1. The highest BCUT2D eigenvalue weighted by atomic mass is 16.5. The summed E-state index contributed by atoms with van der Waals surface area (Å²) in [6.07, 6.45) is 16.2. The Balaban J connectivity index is 1.49. The van der Waals surface area contributed by atoms with Gasteiger partial charge in [0.2, 0.25) is 0 Å². The number of ketones is 1. The van der Waals surface area contributed by atoms with Crippen LogP contribution in [0.1, 0.15) is 106 Å². The molecular formula is C30H46O2. The second kappa shape index (κ2) is 5.95. The maximum Gasteiger partial charge on any atom is 0.138 e. The van der Waals surface area contributed by atoms with E-state index in [9.17, 15) is 4.79 Å². The highest BCUT2D eigenvalue weighted by Crippen LogP contribution is 2.78. The van der Waals surface area contributed by atoms with Crippen molar-refractivity contribution in [2.45, 2.75) is 112 Å². The van der Waals surface area contributed by atoms with Crippen LogP contribution in [0.2, 0.25) is 0 Å². The molecule has 0 amide bonds. The Labute approximate surface area is 196 Å². The van der Waals surface area contributed by atoms with E-state index in [1.807, 2.05) is 0 Å². The number of allylic oxidation sites excluding steroid dienone is 1. The van der Waals surface area contributed by atoms with Gasteiger partial charge in [0.05, 0.1) is 12.2 Å². The molecule has 0 radical (unpaired) electrons. The number of hydrogen-bond acceptors (Lipinski definition) is 2. The first kappa shape index (κ1) is 21.9. The average molecular weight is 439 g/mol. The Kier molecular flexibility index (Phi) is 4.07. The van der Waals surface area contributed by atoms with Crippen molar-refractivity contribution in [1.29, 1.82) is 0 Å². The van der Waals surface area contributed by atoms with Crippen LogP contribution in [0.5, 0.6) is 0 Å². The predicted octanol–water partition coefficient (Wildman–Crippen LogP) is 7.37. The van der Waals surface area contributed by atoms with Gasteiger partial charge in [0.15, 0.2) is 0 Å². The van der Waals surface area contributed by atoms with E-state index in [0.717, 1.165) is 19.4 Å². The number of rotatable bonds is 0. The zero-order valence-corrected chi connectivity index (χ0v) is 21.8. The van der Waals surface area contributed by atoms with E-state index in [-0.39, 0.29) is 27.3 Å². The molecule has 2 bridgehead atoms. The van der Waals surface area contributed by atoms with Crippen LogP contribution in [0.25, 0.3) is 0 Å². The SMILES string of the molecule is CC1(C)CC[C@@]23CC[C@]4(C)[C@@](C=C[C@@H]5[C@@]6(C)CCC(=O)C(C)(C)[C@@H]6CC[C@]54C)(OC2)[C@@H]3C1. The van der Waals surface area contributed by atoms with Gasteiger partial charge in [-0.1, -0.05) is 60.6 Å². The Hall–Kier alpha value is -0.630. The van der Waals surface area contributed by atoms with Crippen LogP contribution < -0.4 is 0 Å².